The minimum atomic E-state index is -0.893. The fourth-order valence-electron chi connectivity index (χ4n) is 3.62. The summed E-state index contributed by atoms with van der Waals surface area (Å²) in [7, 11) is 1.54. The van der Waals surface area contributed by atoms with Gasteiger partial charge in [0.1, 0.15) is 5.75 Å². The molecule has 0 aliphatic carbocycles. The molecule has 0 saturated heterocycles. The van der Waals surface area contributed by atoms with Crippen molar-refractivity contribution in [1.82, 2.24) is 9.55 Å². The normalized spacial score (nSPS) is 10.8. The van der Waals surface area contributed by atoms with E-state index >= 15 is 0 Å². The van der Waals surface area contributed by atoms with Gasteiger partial charge in [-0.25, -0.2) is 4.98 Å². The zero-order chi connectivity index (χ0) is 22.8. The van der Waals surface area contributed by atoms with Gasteiger partial charge in [0.2, 0.25) is 0 Å². The van der Waals surface area contributed by atoms with E-state index in [2.05, 4.69) is 10.3 Å². The average molecular weight is 450 g/mol. The van der Waals surface area contributed by atoms with Crippen LogP contribution in [-0.4, -0.2) is 33.5 Å². The topological polar surface area (TPSA) is 93.5 Å². The number of carbonyl (C=O) groups excluding carboxylic acids is 2. The van der Waals surface area contributed by atoms with Gasteiger partial charge >= 0.3 is 0 Å². The van der Waals surface area contributed by atoms with Gasteiger partial charge < -0.3 is 19.7 Å². The minimum Gasteiger partial charge on any atom is -0.504 e. The van der Waals surface area contributed by atoms with Crippen LogP contribution in [0.2, 0.25) is 5.02 Å². The van der Waals surface area contributed by atoms with Crippen molar-refractivity contribution in [2.75, 3.05) is 12.4 Å². The fourth-order valence-corrected chi connectivity index (χ4v) is 3.75. The standard InChI is InChI=1S/C24H20ClN3O4/c1-14-21(22(30)24(31)27-23-20(29)4-3-11-26-23)18-12-17(32-2)9-10-19(18)28(14)13-15-5-7-16(25)8-6-15/h3-12,29H,13H2,1-2H3,(H,26,27,31). The van der Waals surface area contributed by atoms with Crippen LogP contribution in [0.5, 0.6) is 11.5 Å². The molecule has 0 aliphatic rings. The minimum absolute atomic E-state index is 0.0778. The molecule has 0 bridgehead atoms. The maximum atomic E-state index is 13.2. The molecule has 0 saturated carbocycles. The lowest BCUT2D eigenvalue weighted by molar-refractivity contribution is -0.112. The summed E-state index contributed by atoms with van der Waals surface area (Å²) in [6, 6.07) is 15.7. The summed E-state index contributed by atoms with van der Waals surface area (Å²) >= 11 is 6.00. The van der Waals surface area contributed by atoms with Crippen LogP contribution in [-0.2, 0) is 11.3 Å². The second-order valence-electron chi connectivity index (χ2n) is 7.21. The van der Waals surface area contributed by atoms with E-state index in [4.69, 9.17) is 16.3 Å². The zero-order valence-electron chi connectivity index (χ0n) is 17.4. The molecule has 7 nitrogen and oxygen atoms in total. The lowest BCUT2D eigenvalue weighted by Gasteiger charge is -2.09. The quantitative estimate of drug-likeness (QED) is 0.332. The van der Waals surface area contributed by atoms with Crippen molar-refractivity contribution >= 4 is 40.0 Å². The number of halogens is 1. The van der Waals surface area contributed by atoms with Crippen LogP contribution in [0.4, 0.5) is 5.82 Å². The summed E-state index contributed by atoms with van der Waals surface area (Å²) in [5, 5.41) is 13.5. The smallest absolute Gasteiger partial charge is 0.298 e. The van der Waals surface area contributed by atoms with Gasteiger partial charge in [0.05, 0.1) is 12.7 Å². The number of pyridine rings is 1. The Kier molecular flexibility index (Phi) is 5.83. The molecular weight excluding hydrogens is 430 g/mol. The number of aromatic nitrogens is 2. The number of hydrogen-bond donors (Lipinski definition) is 2. The van der Waals surface area contributed by atoms with E-state index in [9.17, 15) is 14.7 Å². The number of anilines is 1. The second-order valence-corrected chi connectivity index (χ2v) is 7.65. The van der Waals surface area contributed by atoms with Crippen LogP contribution in [0.25, 0.3) is 10.9 Å². The van der Waals surface area contributed by atoms with Crippen LogP contribution < -0.4 is 10.1 Å². The Morgan fingerprint density at radius 3 is 2.59 bits per heavy atom. The SMILES string of the molecule is COc1ccc2c(c1)c(C(=O)C(=O)Nc1ncccc1O)c(C)n2Cc1ccc(Cl)cc1. The highest BCUT2D eigenvalue weighted by Crippen LogP contribution is 2.31. The third-order valence-electron chi connectivity index (χ3n) is 5.24. The molecule has 4 aromatic rings. The number of Topliss-reactive ketones (excluding diaryl/α,β-unsaturated/α-hetero) is 1. The first-order valence-electron chi connectivity index (χ1n) is 9.80. The van der Waals surface area contributed by atoms with Crippen molar-refractivity contribution < 1.29 is 19.4 Å². The third-order valence-corrected chi connectivity index (χ3v) is 5.49. The average Bonchev–Trinajstić information content (AvgIpc) is 3.06. The fraction of sp³-hybridized carbons (Fsp3) is 0.125. The van der Waals surface area contributed by atoms with E-state index < -0.39 is 11.7 Å². The Balaban J connectivity index is 1.78. The maximum absolute atomic E-state index is 13.2. The van der Waals surface area contributed by atoms with Gasteiger partial charge in [-0.3, -0.25) is 9.59 Å². The monoisotopic (exact) mass is 449 g/mol. The summed E-state index contributed by atoms with van der Waals surface area (Å²) < 4.78 is 7.30. The predicted octanol–water partition coefficient (Wildman–Crippen LogP) is 4.58. The first-order chi connectivity index (χ1) is 15.4. The van der Waals surface area contributed by atoms with Crippen LogP contribution >= 0.6 is 11.6 Å². The van der Waals surface area contributed by atoms with E-state index in [1.54, 1.807) is 31.2 Å². The summed E-state index contributed by atoms with van der Waals surface area (Å²) in [5.41, 5.74) is 2.68. The van der Waals surface area contributed by atoms with Gasteiger partial charge in [-0.15, -0.1) is 0 Å². The van der Waals surface area contributed by atoms with E-state index in [0.29, 0.717) is 28.4 Å². The largest absolute Gasteiger partial charge is 0.504 e. The number of nitrogens with zero attached hydrogens (tertiary/aromatic N) is 2. The summed E-state index contributed by atoms with van der Waals surface area (Å²) in [5.74, 6) is -1.36. The Labute approximate surface area is 189 Å². The number of hydrogen-bond acceptors (Lipinski definition) is 5. The van der Waals surface area contributed by atoms with E-state index in [1.807, 2.05) is 22.8 Å². The number of ether oxygens (including phenoxy) is 1. The molecule has 2 heterocycles. The molecule has 2 aromatic heterocycles. The molecular formula is C24H20ClN3O4. The third kappa shape index (κ3) is 4.02. The van der Waals surface area contributed by atoms with E-state index in [1.165, 1.54) is 25.4 Å². The molecule has 8 heteroatoms. The van der Waals surface area contributed by atoms with Gasteiger partial charge in [0, 0.05) is 34.4 Å². The molecule has 0 spiro atoms. The van der Waals surface area contributed by atoms with Crippen molar-refractivity contribution in [2.45, 2.75) is 13.5 Å². The number of benzene rings is 2. The summed E-state index contributed by atoms with van der Waals surface area (Å²) in [6.07, 6.45) is 1.41. The van der Waals surface area contributed by atoms with Crippen molar-refractivity contribution in [2.24, 2.45) is 0 Å². The molecule has 1 amide bonds. The van der Waals surface area contributed by atoms with Crippen molar-refractivity contribution in [3.8, 4) is 11.5 Å². The van der Waals surface area contributed by atoms with Gasteiger partial charge in [0.25, 0.3) is 11.7 Å². The number of ketones is 1. The first-order valence-corrected chi connectivity index (χ1v) is 10.2. The van der Waals surface area contributed by atoms with E-state index in [-0.39, 0.29) is 17.1 Å². The molecule has 162 valence electrons. The molecule has 0 radical (unpaired) electrons. The van der Waals surface area contributed by atoms with Crippen LogP contribution in [0.1, 0.15) is 21.6 Å². The highest BCUT2D eigenvalue weighted by Gasteiger charge is 2.26. The van der Waals surface area contributed by atoms with Crippen molar-refractivity contribution in [3.05, 3.63) is 82.6 Å². The number of carbonyl (C=O) groups is 2. The molecule has 0 aliphatic heterocycles. The second kappa shape index (κ2) is 8.72. The lowest BCUT2D eigenvalue weighted by Crippen LogP contribution is -2.24. The van der Waals surface area contributed by atoms with Gasteiger partial charge in [-0.2, -0.15) is 0 Å². The van der Waals surface area contributed by atoms with Crippen LogP contribution in [0.3, 0.4) is 0 Å². The summed E-state index contributed by atoms with van der Waals surface area (Å²) in [6.45, 7) is 2.28. The zero-order valence-corrected chi connectivity index (χ0v) is 18.2. The van der Waals surface area contributed by atoms with Gasteiger partial charge in [0.15, 0.2) is 11.6 Å². The Hall–Kier alpha value is -3.84. The number of amides is 1. The van der Waals surface area contributed by atoms with Crippen molar-refractivity contribution in [3.63, 3.8) is 0 Å². The molecule has 0 unspecified atom stereocenters. The van der Waals surface area contributed by atoms with Crippen molar-refractivity contribution in [1.29, 1.82) is 0 Å². The molecule has 0 fully saturated rings. The number of rotatable bonds is 6. The van der Waals surface area contributed by atoms with Crippen LogP contribution in [0, 0.1) is 6.92 Å². The Morgan fingerprint density at radius 2 is 1.91 bits per heavy atom. The lowest BCUT2D eigenvalue weighted by atomic mass is 10.1. The maximum Gasteiger partial charge on any atom is 0.298 e. The molecule has 0 atom stereocenters. The molecule has 2 aromatic carbocycles. The Morgan fingerprint density at radius 1 is 1.16 bits per heavy atom. The Bertz CT molecular complexity index is 1330. The highest BCUT2D eigenvalue weighted by atomic mass is 35.5. The number of methoxy groups -OCH3 is 1. The van der Waals surface area contributed by atoms with Gasteiger partial charge in [-0.05, 0) is 55.0 Å². The highest BCUT2D eigenvalue weighted by molar-refractivity contribution is 6.48. The van der Waals surface area contributed by atoms with Gasteiger partial charge in [-0.1, -0.05) is 23.7 Å². The molecule has 32 heavy (non-hydrogen) atoms. The number of aromatic hydroxyl groups is 1. The number of fused-ring (bicyclic) bond motifs is 1. The molecule has 4 rings (SSSR count). The predicted molar refractivity (Wildman–Crippen MR) is 123 cm³/mol. The van der Waals surface area contributed by atoms with E-state index in [0.717, 1.165) is 11.1 Å². The molecule has 2 N–H and O–H groups in total. The first kappa shape index (κ1) is 21.4. The number of nitrogens with one attached hydrogen (secondary N) is 1. The summed E-state index contributed by atoms with van der Waals surface area (Å²) in [4.78, 5) is 29.9. The van der Waals surface area contributed by atoms with Crippen LogP contribution in [0.15, 0.2) is 60.8 Å².